The van der Waals surface area contributed by atoms with Crippen LogP contribution in [0.3, 0.4) is 0 Å². The summed E-state index contributed by atoms with van der Waals surface area (Å²) in [5.41, 5.74) is 1.93. The number of ether oxygens (including phenoxy) is 6. The number of benzene rings is 1. The topological polar surface area (TPSA) is 95.5 Å². The first-order valence-corrected chi connectivity index (χ1v) is 15.2. The fraction of sp³-hybridized carbons (Fsp3) is 0.769. The Morgan fingerprint density at radius 2 is 0.868 bits per heavy atom. The number of nitrogens with zero attached hydrogens (tertiary/aromatic N) is 1. The average Bonchev–Trinajstić information content (AvgIpc) is 2.90. The third-order valence-electron chi connectivity index (χ3n) is 5.93. The van der Waals surface area contributed by atoms with Gasteiger partial charge in [0.2, 0.25) is 0 Å². The number of hydrogen-bond acceptors (Lipinski definition) is 11. The van der Waals surface area contributed by atoms with E-state index in [0.29, 0.717) is 85.0 Å². The molecule has 0 spiro atoms. The van der Waals surface area contributed by atoms with E-state index in [2.05, 4.69) is 4.90 Å². The van der Waals surface area contributed by atoms with E-state index >= 15 is 0 Å². The summed E-state index contributed by atoms with van der Waals surface area (Å²) in [5, 5.41) is 0. The fourth-order valence-corrected chi connectivity index (χ4v) is 5.86. The van der Waals surface area contributed by atoms with Crippen LogP contribution in [0.5, 0.6) is 5.75 Å². The first-order chi connectivity index (χ1) is 18.7. The minimum absolute atomic E-state index is 0.244. The predicted molar refractivity (Wildman–Crippen MR) is 142 cm³/mol. The molecule has 0 atom stereocenters. The lowest BCUT2D eigenvalue weighted by Crippen LogP contribution is -2.54. The van der Waals surface area contributed by atoms with Crippen LogP contribution in [-0.2, 0) is 41.7 Å². The van der Waals surface area contributed by atoms with Gasteiger partial charge in [0.15, 0.2) is 0 Å². The van der Waals surface area contributed by atoms with E-state index in [9.17, 15) is 0 Å². The Morgan fingerprint density at radius 1 is 0.526 bits per heavy atom. The summed E-state index contributed by atoms with van der Waals surface area (Å²) < 4.78 is 59.6. The second kappa shape index (κ2) is 19.0. The monoisotopic (exact) mass is 559 g/mol. The van der Waals surface area contributed by atoms with Crippen molar-refractivity contribution in [1.82, 2.24) is 4.90 Å². The normalized spacial score (nSPS) is 27.4. The molecule has 11 nitrogen and oxygen atoms in total. The molecular formula is C26H45NO10Si. The largest absolute Gasteiger partial charge is 0.749 e. The van der Waals surface area contributed by atoms with Crippen LogP contribution in [0.25, 0.3) is 0 Å². The highest BCUT2D eigenvalue weighted by Crippen LogP contribution is 2.27. The fourth-order valence-electron chi connectivity index (χ4n) is 3.86. The van der Waals surface area contributed by atoms with Gasteiger partial charge >= 0.3 is 9.05 Å². The number of aryl methyl sites for hydroxylation is 2. The molecule has 2 bridgehead atoms. The molecule has 1 aromatic rings. The average molecular weight is 560 g/mol. The van der Waals surface area contributed by atoms with E-state index in [0.717, 1.165) is 30.8 Å². The zero-order valence-corrected chi connectivity index (χ0v) is 24.0. The van der Waals surface area contributed by atoms with Crippen molar-refractivity contribution in [3.63, 3.8) is 0 Å². The maximum atomic E-state index is 6.45. The van der Waals surface area contributed by atoms with Gasteiger partial charge in [-0.25, -0.2) is 0 Å². The Kier molecular flexibility index (Phi) is 15.7. The zero-order valence-electron chi connectivity index (χ0n) is 23.0. The van der Waals surface area contributed by atoms with E-state index in [1.54, 1.807) is 0 Å². The molecule has 0 N–H and O–H groups in total. The van der Waals surface area contributed by atoms with Crippen LogP contribution in [0, 0.1) is 13.8 Å². The molecule has 0 amide bonds. The van der Waals surface area contributed by atoms with Crippen LogP contribution in [0.2, 0.25) is 0 Å². The maximum absolute atomic E-state index is 6.45. The SMILES string of the molecule is Cc1cccc(C)c1O[Si]12OCCOCCOCCN(CCOCCOCCO1)CCOCCOCCO2. The highest BCUT2D eigenvalue weighted by molar-refractivity contribution is 6.54. The van der Waals surface area contributed by atoms with E-state index in [-0.39, 0.29) is 19.8 Å². The Labute approximate surface area is 227 Å². The highest BCUT2D eigenvalue weighted by Gasteiger charge is 2.49. The molecule has 0 unspecified atom stereocenters. The van der Waals surface area contributed by atoms with Gasteiger partial charge in [-0.3, -0.25) is 4.90 Å². The second-order valence-electron chi connectivity index (χ2n) is 8.88. The summed E-state index contributed by atoms with van der Waals surface area (Å²) in [5.74, 6) is 0.690. The first-order valence-electron chi connectivity index (χ1n) is 13.5. The standard InChI is InChI=1S/C26H45NO10Si/c1-24-4-3-5-25(2)26(24)37-38-34-21-18-31-15-12-28-9-6-27(7-10-29-13-16-32-19-22-35-38)8-11-30-14-17-33-20-23-36-38/h3-5H,6-23H2,1-2H3. The van der Waals surface area contributed by atoms with E-state index in [4.69, 9.17) is 46.1 Å². The third kappa shape index (κ3) is 12.3. The maximum Gasteiger partial charge on any atom is 0.749 e. The van der Waals surface area contributed by atoms with Crippen LogP contribution in [0.1, 0.15) is 11.1 Å². The van der Waals surface area contributed by atoms with Gasteiger partial charge in [0.05, 0.1) is 99.1 Å². The summed E-state index contributed by atoms with van der Waals surface area (Å²) in [6.07, 6.45) is 0. The van der Waals surface area contributed by atoms with E-state index in [1.165, 1.54) is 0 Å². The summed E-state index contributed by atoms with van der Waals surface area (Å²) in [6, 6.07) is 5.96. The Bertz CT molecular complexity index is 683. The van der Waals surface area contributed by atoms with Gasteiger partial charge in [0, 0.05) is 19.6 Å². The molecule has 38 heavy (non-hydrogen) atoms. The van der Waals surface area contributed by atoms with Crippen LogP contribution in [0.15, 0.2) is 18.2 Å². The van der Waals surface area contributed by atoms with Crippen molar-refractivity contribution in [2.45, 2.75) is 13.8 Å². The van der Waals surface area contributed by atoms with Gasteiger partial charge in [-0.2, -0.15) is 0 Å². The minimum atomic E-state index is -3.65. The number of hydrogen-bond donors (Lipinski definition) is 0. The third-order valence-corrected chi connectivity index (χ3v) is 8.05. The number of para-hydroxylation sites is 1. The van der Waals surface area contributed by atoms with Crippen molar-refractivity contribution in [2.24, 2.45) is 0 Å². The Balaban J connectivity index is 1.74. The lowest BCUT2D eigenvalue weighted by Gasteiger charge is -2.29. The number of fused-ring (bicyclic) bond motifs is 24. The van der Waals surface area contributed by atoms with Gasteiger partial charge in [-0.05, 0) is 25.0 Å². The Hall–Kier alpha value is -1.16. The zero-order chi connectivity index (χ0) is 26.7. The smallest absolute Gasteiger partial charge is 0.480 e. The Morgan fingerprint density at radius 3 is 1.26 bits per heavy atom. The summed E-state index contributed by atoms with van der Waals surface area (Å²) in [4.78, 5) is 2.27. The van der Waals surface area contributed by atoms with E-state index in [1.807, 2.05) is 32.0 Å². The first kappa shape index (κ1) is 31.4. The summed E-state index contributed by atoms with van der Waals surface area (Å²) in [7, 11) is -3.65. The molecule has 1 aromatic carbocycles. The van der Waals surface area contributed by atoms with Gasteiger partial charge in [-0.15, -0.1) is 0 Å². The molecule has 3 aliphatic rings. The molecule has 3 fully saturated rings. The van der Waals surface area contributed by atoms with Gasteiger partial charge in [0.25, 0.3) is 0 Å². The van der Waals surface area contributed by atoms with Crippen molar-refractivity contribution >= 4 is 9.05 Å². The van der Waals surface area contributed by atoms with Crippen molar-refractivity contribution < 1.29 is 46.1 Å². The summed E-state index contributed by atoms with van der Waals surface area (Å²) >= 11 is 0. The lowest BCUT2D eigenvalue weighted by molar-refractivity contribution is -0.0497. The van der Waals surface area contributed by atoms with Crippen molar-refractivity contribution in [2.75, 3.05) is 119 Å². The molecule has 3 aliphatic heterocycles. The molecule has 0 aliphatic carbocycles. The van der Waals surface area contributed by atoms with Crippen molar-refractivity contribution in [3.8, 4) is 5.75 Å². The van der Waals surface area contributed by atoms with Crippen LogP contribution >= 0.6 is 0 Å². The van der Waals surface area contributed by atoms with Crippen molar-refractivity contribution in [3.05, 3.63) is 29.3 Å². The number of rotatable bonds is 2. The molecule has 0 radical (unpaired) electrons. The van der Waals surface area contributed by atoms with Crippen LogP contribution in [-0.4, -0.2) is 133 Å². The molecule has 3 saturated heterocycles. The van der Waals surface area contributed by atoms with Gasteiger partial charge in [-0.1, -0.05) is 18.2 Å². The molecule has 3 heterocycles. The summed E-state index contributed by atoms with van der Waals surface area (Å²) in [6.45, 7) is 12.9. The predicted octanol–water partition coefficient (Wildman–Crippen LogP) is 1.60. The minimum Gasteiger partial charge on any atom is -0.480 e. The molecule has 0 aromatic heterocycles. The molecule has 0 saturated carbocycles. The van der Waals surface area contributed by atoms with E-state index < -0.39 is 9.05 Å². The van der Waals surface area contributed by atoms with Crippen LogP contribution < -0.4 is 4.43 Å². The van der Waals surface area contributed by atoms with Crippen LogP contribution in [0.4, 0.5) is 0 Å². The van der Waals surface area contributed by atoms with Crippen molar-refractivity contribution in [1.29, 1.82) is 0 Å². The lowest BCUT2D eigenvalue weighted by atomic mass is 10.1. The highest BCUT2D eigenvalue weighted by atomic mass is 28.4. The van der Waals surface area contributed by atoms with Gasteiger partial charge < -0.3 is 46.1 Å². The molecule has 4 rings (SSSR count). The molecule has 12 heteroatoms. The van der Waals surface area contributed by atoms with Gasteiger partial charge in [0.1, 0.15) is 5.75 Å². The quantitative estimate of drug-likeness (QED) is 0.391. The molecular weight excluding hydrogens is 514 g/mol. The molecule has 218 valence electrons. The second-order valence-corrected chi connectivity index (χ2v) is 11.0.